The van der Waals surface area contributed by atoms with Crippen LogP contribution in [0, 0.1) is 11.7 Å². The van der Waals surface area contributed by atoms with E-state index in [1.54, 1.807) is 31.5 Å². The smallest absolute Gasteiger partial charge is 0.339 e. The highest BCUT2D eigenvalue weighted by molar-refractivity contribution is 7.16. The van der Waals surface area contributed by atoms with E-state index >= 15 is 0 Å². The monoisotopic (exact) mass is 527 g/mol. The number of halogens is 1. The van der Waals surface area contributed by atoms with Crippen molar-refractivity contribution in [2.75, 3.05) is 25.6 Å². The second-order valence-corrected chi connectivity index (χ2v) is 10.3. The lowest BCUT2D eigenvalue weighted by atomic mass is 10.0. The second kappa shape index (κ2) is 11.6. The molecule has 0 bridgehead atoms. The number of carboxylic acid groups (broad SMARTS) is 1. The van der Waals surface area contributed by atoms with Gasteiger partial charge in [0.25, 0.3) is 0 Å². The van der Waals surface area contributed by atoms with Gasteiger partial charge in [-0.1, -0.05) is 13.8 Å². The van der Waals surface area contributed by atoms with E-state index in [-0.39, 0.29) is 23.7 Å². The zero-order chi connectivity index (χ0) is 25.7. The molecular formula is C26H26FN3O4S2. The van der Waals surface area contributed by atoms with Gasteiger partial charge in [0.15, 0.2) is 16.7 Å². The van der Waals surface area contributed by atoms with Gasteiger partial charge in [0.2, 0.25) is 0 Å². The first kappa shape index (κ1) is 25.7. The first-order valence-corrected chi connectivity index (χ1v) is 13.1. The number of rotatable bonds is 11. The number of hydrogen-bond acceptors (Lipinski definition) is 8. The average Bonchev–Trinajstić information content (AvgIpc) is 3.51. The van der Waals surface area contributed by atoms with Gasteiger partial charge in [-0.25, -0.2) is 19.2 Å². The number of aromatic nitrogens is 2. The summed E-state index contributed by atoms with van der Waals surface area (Å²) in [6, 6.07) is 8.17. The van der Waals surface area contributed by atoms with Crippen LogP contribution in [0.4, 0.5) is 15.3 Å². The van der Waals surface area contributed by atoms with Gasteiger partial charge in [0.05, 0.1) is 12.3 Å². The summed E-state index contributed by atoms with van der Waals surface area (Å²) < 4.78 is 24.8. The van der Waals surface area contributed by atoms with Crippen LogP contribution in [0.1, 0.15) is 29.1 Å². The van der Waals surface area contributed by atoms with Crippen molar-refractivity contribution in [3.8, 4) is 28.1 Å². The molecule has 0 aliphatic rings. The normalized spacial score (nSPS) is 11.1. The first-order valence-electron chi connectivity index (χ1n) is 11.3. The Bertz CT molecular complexity index is 1340. The molecule has 2 N–H and O–H groups in total. The fourth-order valence-corrected chi connectivity index (χ4v) is 5.41. The van der Waals surface area contributed by atoms with Crippen molar-refractivity contribution in [1.29, 1.82) is 0 Å². The third-order valence-corrected chi connectivity index (χ3v) is 6.91. The van der Waals surface area contributed by atoms with E-state index in [2.05, 4.69) is 24.1 Å². The number of ether oxygens (including phenoxy) is 2. The maximum Gasteiger partial charge on any atom is 0.339 e. The topological polar surface area (TPSA) is 93.6 Å². The van der Waals surface area contributed by atoms with Crippen LogP contribution in [-0.4, -0.2) is 41.4 Å². The highest BCUT2D eigenvalue weighted by atomic mass is 32.1. The van der Waals surface area contributed by atoms with Crippen molar-refractivity contribution < 1.29 is 23.8 Å². The molecule has 3 aromatic heterocycles. The summed E-state index contributed by atoms with van der Waals surface area (Å²) in [4.78, 5) is 22.1. The second-order valence-electron chi connectivity index (χ2n) is 8.44. The third kappa shape index (κ3) is 6.07. The van der Waals surface area contributed by atoms with Crippen molar-refractivity contribution in [2.45, 2.75) is 20.3 Å². The van der Waals surface area contributed by atoms with E-state index in [0.29, 0.717) is 28.9 Å². The number of nitrogens with one attached hydrogen (secondary N) is 1. The van der Waals surface area contributed by atoms with E-state index in [4.69, 9.17) is 14.5 Å². The quantitative estimate of drug-likeness (QED) is 0.209. The number of methoxy groups -OCH3 is 1. The number of benzene rings is 1. The number of hydrogen-bond donors (Lipinski definition) is 2. The fourth-order valence-electron chi connectivity index (χ4n) is 3.55. The standard InChI is InChI=1S/C26H26FN3O4S2/c1-15(2)10-22-23(16-4-5-20(27)21(12-16)34-8-7-33-3)29-26(36-22)30-24-19(25(31)32)11-18(13-28-24)17-6-9-35-14-17/h4-6,9,11-15H,7-8,10H2,1-3H3,(H,31,32)(H,28,29,30). The summed E-state index contributed by atoms with van der Waals surface area (Å²) in [5.41, 5.74) is 3.10. The van der Waals surface area contributed by atoms with Crippen LogP contribution in [0.15, 0.2) is 47.3 Å². The molecular weight excluding hydrogens is 501 g/mol. The molecule has 0 spiro atoms. The largest absolute Gasteiger partial charge is 0.488 e. The Morgan fingerprint density at radius 3 is 2.69 bits per heavy atom. The molecule has 36 heavy (non-hydrogen) atoms. The number of carboxylic acids is 1. The van der Waals surface area contributed by atoms with E-state index in [0.717, 1.165) is 22.4 Å². The highest BCUT2D eigenvalue weighted by Crippen LogP contribution is 2.37. The van der Waals surface area contributed by atoms with Crippen LogP contribution >= 0.6 is 22.7 Å². The van der Waals surface area contributed by atoms with Gasteiger partial charge in [0.1, 0.15) is 18.0 Å². The summed E-state index contributed by atoms with van der Waals surface area (Å²) in [5.74, 6) is -0.859. The predicted octanol–water partition coefficient (Wildman–Crippen LogP) is 6.74. The minimum absolute atomic E-state index is 0.0523. The van der Waals surface area contributed by atoms with Crippen LogP contribution in [-0.2, 0) is 11.2 Å². The molecule has 188 valence electrons. The fraction of sp³-hybridized carbons (Fsp3) is 0.269. The number of carbonyl (C=O) groups is 1. The minimum Gasteiger partial charge on any atom is -0.488 e. The molecule has 1 aromatic carbocycles. The molecule has 0 fully saturated rings. The van der Waals surface area contributed by atoms with Gasteiger partial charge in [-0.3, -0.25) is 0 Å². The summed E-state index contributed by atoms with van der Waals surface area (Å²) >= 11 is 2.96. The molecule has 10 heteroatoms. The molecule has 7 nitrogen and oxygen atoms in total. The number of thiophene rings is 1. The summed E-state index contributed by atoms with van der Waals surface area (Å²) in [6.45, 7) is 4.78. The van der Waals surface area contributed by atoms with E-state index in [1.807, 2.05) is 16.8 Å². The van der Waals surface area contributed by atoms with Gasteiger partial charge in [-0.15, -0.1) is 11.3 Å². The van der Waals surface area contributed by atoms with Crippen molar-refractivity contribution in [1.82, 2.24) is 9.97 Å². The summed E-state index contributed by atoms with van der Waals surface area (Å²) in [6.07, 6.45) is 2.40. The van der Waals surface area contributed by atoms with Crippen molar-refractivity contribution in [3.63, 3.8) is 0 Å². The Hall–Kier alpha value is -3.34. The Morgan fingerprint density at radius 2 is 2.00 bits per heavy atom. The molecule has 0 atom stereocenters. The summed E-state index contributed by atoms with van der Waals surface area (Å²) in [7, 11) is 1.55. The molecule has 0 aliphatic carbocycles. The number of pyridine rings is 1. The number of thiazole rings is 1. The van der Waals surface area contributed by atoms with Gasteiger partial charge < -0.3 is 19.9 Å². The number of aromatic carboxylic acids is 1. The first-order chi connectivity index (χ1) is 17.4. The molecule has 4 aromatic rings. The SMILES string of the molecule is COCCOc1cc(-c2nc(Nc3ncc(-c4ccsc4)cc3C(=O)O)sc2CC(C)C)ccc1F. The van der Waals surface area contributed by atoms with Crippen LogP contribution in [0.5, 0.6) is 5.75 Å². The molecule has 0 aliphatic heterocycles. The number of nitrogens with zero attached hydrogens (tertiary/aromatic N) is 2. The van der Waals surface area contributed by atoms with Gasteiger partial charge in [-0.05, 0) is 59.0 Å². The van der Waals surface area contributed by atoms with Crippen molar-refractivity contribution in [3.05, 3.63) is 63.5 Å². The summed E-state index contributed by atoms with van der Waals surface area (Å²) in [5, 5.41) is 17.3. The molecule has 0 radical (unpaired) electrons. The maximum absolute atomic E-state index is 14.3. The predicted molar refractivity (Wildman–Crippen MR) is 141 cm³/mol. The Morgan fingerprint density at radius 1 is 1.17 bits per heavy atom. The third-order valence-electron chi connectivity index (χ3n) is 5.24. The molecule has 3 heterocycles. The van der Waals surface area contributed by atoms with E-state index < -0.39 is 11.8 Å². The van der Waals surface area contributed by atoms with Gasteiger partial charge in [0, 0.05) is 29.3 Å². The molecule has 0 saturated heterocycles. The van der Waals surface area contributed by atoms with Crippen LogP contribution < -0.4 is 10.1 Å². The van der Waals surface area contributed by atoms with Crippen LogP contribution in [0.25, 0.3) is 22.4 Å². The average molecular weight is 528 g/mol. The van der Waals surface area contributed by atoms with Crippen LogP contribution in [0.2, 0.25) is 0 Å². The highest BCUT2D eigenvalue weighted by Gasteiger charge is 2.19. The Labute approximate surface area is 216 Å². The maximum atomic E-state index is 14.3. The van der Waals surface area contributed by atoms with Crippen molar-refractivity contribution in [2.24, 2.45) is 5.92 Å². The lowest BCUT2D eigenvalue weighted by Crippen LogP contribution is -2.05. The minimum atomic E-state index is -1.09. The van der Waals surface area contributed by atoms with Crippen molar-refractivity contribution >= 4 is 39.6 Å². The van der Waals surface area contributed by atoms with Gasteiger partial charge in [-0.2, -0.15) is 11.3 Å². The Kier molecular flexibility index (Phi) is 8.29. The number of anilines is 2. The lowest BCUT2D eigenvalue weighted by Gasteiger charge is -2.09. The Balaban J connectivity index is 1.68. The zero-order valence-corrected chi connectivity index (χ0v) is 21.7. The van der Waals surface area contributed by atoms with Gasteiger partial charge >= 0.3 is 5.97 Å². The molecule has 4 rings (SSSR count). The van der Waals surface area contributed by atoms with E-state index in [1.165, 1.54) is 28.7 Å². The molecule has 0 unspecified atom stereocenters. The zero-order valence-electron chi connectivity index (χ0n) is 20.1. The lowest BCUT2D eigenvalue weighted by molar-refractivity contribution is 0.0697. The van der Waals surface area contributed by atoms with Crippen LogP contribution in [0.3, 0.4) is 0 Å². The molecule has 0 saturated carbocycles. The van der Waals surface area contributed by atoms with E-state index in [9.17, 15) is 14.3 Å². The molecule has 0 amide bonds.